The zero-order valence-electron chi connectivity index (χ0n) is 12.0. The summed E-state index contributed by atoms with van der Waals surface area (Å²) in [5.74, 6) is 0. The van der Waals surface area contributed by atoms with Gasteiger partial charge in [0.15, 0.2) is 0 Å². The minimum absolute atomic E-state index is 0.107. The Bertz CT molecular complexity index is 306. The molecule has 0 bridgehead atoms. The van der Waals surface area contributed by atoms with E-state index < -0.39 is 0 Å². The van der Waals surface area contributed by atoms with Crippen molar-refractivity contribution in [2.45, 2.75) is 26.4 Å². The van der Waals surface area contributed by atoms with E-state index in [4.69, 9.17) is 4.74 Å². The maximum Gasteiger partial charge on any atom is 0.0803 e. The highest BCUT2D eigenvalue weighted by molar-refractivity contribution is 5.07. The molecule has 1 unspecified atom stereocenters. The number of allylic oxidation sites excluding steroid dienone is 3. The van der Waals surface area contributed by atoms with E-state index in [0.717, 1.165) is 13.0 Å². The van der Waals surface area contributed by atoms with Crippen molar-refractivity contribution in [1.82, 2.24) is 10.2 Å². The normalized spacial score (nSPS) is 14.1. The standard InChI is InChI=1S/C15H26N2O/c1-6-8-13-17(4)14(3)9-10-15(18-5)11-12-16-7-2/h6,8-9,11-13,15-16H,1,7,10H2,2-5H3/b12-11+,13-8-,14-9+. The maximum atomic E-state index is 5.38. The average Bonchev–Trinajstić information content (AvgIpc) is 2.39. The molecule has 0 aliphatic rings. The molecule has 0 amide bonds. The first kappa shape index (κ1) is 16.5. The fourth-order valence-electron chi connectivity index (χ4n) is 1.28. The number of hydrogen-bond acceptors (Lipinski definition) is 3. The van der Waals surface area contributed by atoms with Gasteiger partial charge in [-0.15, -0.1) is 0 Å². The van der Waals surface area contributed by atoms with E-state index in [1.165, 1.54) is 5.70 Å². The van der Waals surface area contributed by atoms with Crippen LogP contribution in [0.5, 0.6) is 0 Å². The molecule has 0 aromatic rings. The third-order valence-corrected chi connectivity index (χ3v) is 2.58. The van der Waals surface area contributed by atoms with Crippen molar-refractivity contribution in [2.24, 2.45) is 0 Å². The summed E-state index contributed by atoms with van der Waals surface area (Å²) in [7, 11) is 3.74. The molecule has 0 heterocycles. The molecule has 3 heteroatoms. The lowest BCUT2D eigenvalue weighted by Crippen LogP contribution is -2.11. The molecule has 0 spiro atoms. The molecule has 18 heavy (non-hydrogen) atoms. The Morgan fingerprint density at radius 1 is 1.50 bits per heavy atom. The first-order valence-corrected chi connectivity index (χ1v) is 6.27. The molecule has 0 fully saturated rings. The monoisotopic (exact) mass is 250 g/mol. The van der Waals surface area contributed by atoms with E-state index in [0.29, 0.717) is 0 Å². The van der Waals surface area contributed by atoms with Gasteiger partial charge in [0.05, 0.1) is 6.10 Å². The van der Waals surface area contributed by atoms with E-state index in [1.54, 1.807) is 13.2 Å². The van der Waals surface area contributed by atoms with Crippen LogP contribution in [0.15, 0.2) is 49.0 Å². The maximum absolute atomic E-state index is 5.38. The second-order valence-electron chi connectivity index (χ2n) is 3.96. The highest BCUT2D eigenvalue weighted by Crippen LogP contribution is 2.07. The SMILES string of the molecule is C=C/C=C\N(C)/C(C)=C/CC(/C=C/NCC)OC. The van der Waals surface area contributed by atoms with Crippen molar-refractivity contribution in [3.63, 3.8) is 0 Å². The molecular weight excluding hydrogens is 224 g/mol. The van der Waals surface area contributed by atoms with E-state index >= 15 is 0 Å². The van der Waals surface area contributed by atoms with Gasteiger partial charge < -0.3 is 15.0 Å². The summed E-state index contributed by atoms with van der Waals surface area (Å²) in [6, 6.07) is 0. The molecule has 1 N–H and O–H groups in total. The van der Waals surface area contributed by atoms with Gasteiger partial charge in [-0.25, -0.2) is 0 Å². The number of methoxy groups -OCH3 is 1. The summed E-state index contributed by atoms with van der Waals surface area (Å²) < 4.78 is 5.38. The second-order valence-corrected chi connectivity index (χ2v) is 3.96. The number of ether oxygens (including phenoxy) is 1. The van der Waals surface area contributed by atoms with Crippen molar-refractivity contribution < 1.29 is 4.74 Å². The molecule has 0 radical (unpaired) electrons. The molecule has 0 saturated heterocycles. The largest absolute Gasteiger partial charge is 0.391 e. The molecule has 0 aromatic heterocycles. The average molecular weight is 250 g/mol. The predicted molar refractivity (Wildman–Crippen MR) is 79.1 cm³/mol. The summed E-state index contributed by atoms with van der Waals surface area (Å²) in [5, 5.41) is 3.14. The summed E-state index contributed by atoms with van der Waals surface area (Å²) in [5.41, 5.74) is 1.19. The molecule has 0 rings (SSSR count). The van der Waals surface area contributed by atoms with Crippen LogP contribution in [0.25, 0.3) is 0 Å². The number of nitrogens with zero attached hydrogens (tertiary/aromatic N) is 1. The van der Waals surface area contributed by atoms with Crippen LogP contribution in [-0.4, -0.2) is 31.7 Å². The van der Waals surface area contributed by atoms with Gasteiger partial charge in [-0.05, 0) is 38.6 Å². The van der Waals surface area contributed by atoms with Crippen molar-refractivity contribution in [3.05, 3.63) is 49.0 Å². The van der Waals surface area contributed by atoms with E-state index in [2.05, 4.69) is 36.7 Å². The highest BCUT2D eigenvalue weighted by Gasteiger charge is 2.01. The van der Waals surface area contributed by atoms with Crippen LogP contribution in [0.2, 0.25) is 0 Å². The van der Waals surface area contributed by atoms with Gasteiger partial charge in [-0.1, -0.05) is 18.7 Å². The molecule has 0 saturated carbocycles. The molecule has 102 valence electrons. The Balaban J connectivity index is 4.30. The van der Waals surface area contributed by atoms with Crippen molar-refractivity contribution >= 4 is 0 Å². The lowest BCUT2D eigenvalue weighted by molar-refractivity contribution is 0.143. The fourth-order valence-corrected chi connectivity index (χ4v) is 1.28. The van der Waals surface area contributed by atoms with E-state index in [1.807, 2.05) is 31.6 Å². The Labute approximate surface area is 112 Å². The zero-order valence-corrected chi connectivity index (χ0v) is 12.0. The smallest absolute Gasteiger partial charge is 0.0803 e. The minimum atomic E-state index is 0.107. The van der Waals surface area contributed by atoms with Crippen LogP contribution >= 0.6 is 0 Å². The molecule has 0 aliphatic carbocycles. The lowest BCUT2D eigenvalue weighted by Gasteiger charge is -2.15. The Morgan fingerprint density at radius 2 is 2.22 bits per heavy atom. The quantitative estimate of drug-likeness (QED) is 0.637. The van der Waals surface area contributed by atoms with Crippen molar-refractivity contribution in [2.75, 3.05) is 20.7 Å². The fraction of sp³-hybridized carbons (Fsp3) is 0.467. The minimum Gasteiger partial charge on any atom is -0.391 e. The Morgan fingerprint density at radius 3 is 2.78 bits per heavy atom. The van der Waals surface area contributed by atoms with Gasteiger partial charge in [0, 0.05) is 32.6 Å². The zero-order chi connectivity index (χ0) is 13.8. The van der Waals surface area contributed by atoms with Crippen LogP contribution in [0.4, 0.5) is 0 Å². The first-order chi connectivity index (χ1) is 8.65. The summed E-state index contributed by atoms with van der Waals surface area (Å²) in [4.78, 5) is 2.06. The molecular formula is C15H26N2O. The van der Waals surface area contributed by atoms with Crippen LogP contribution in [0, 0.1) is 0 Å². The lowest BCUT2D eigenvalue weighted by atomic mass is 10.2. The van der Waals surface area contributed by atoms with Gasteiger partial charge >= 0.3 is 0 Å². The van der Waals surface area contributed by atoms with Crippen LogP contribution in [0.1, 0.15) is 20.3 Å². The van der Waals surface area contributed by atoms with Gasteiger partial charge in [-0.2, -0.15) is 0 Å². The van der Waals surface area contributed by atoms with Gasteiger partial charge in [-0.3, -0.25) is 0 Å². The Kier molecular flexibility index (Phi) is 9.78. The molecule has 3 nitrogen and oxygen atoms in total. The second kappa shape index (κ2) is 10.7. The van der Waals surface area contributed by atoms with E-state index in [9.17, 15) is 0 Å². The molecule has 0 aliphatic heterocycles. The topological polar surface area (TPSA) is 24.5 Å². The molecule has 0 aromatic carbocycles. The summed E-state index contributed by atoms with van der Waals surface area (Å²) in [6.45, 7) is 8.72. The van der Waals surface area contributed by atoms with Crippen molar-refractivity contribution in [1.29, 1.82) is 0 Å². The van der Waals surface area contributed by atoms with Crippen LogP contribution in [-0.2, 0) is 4.74 Å². The van der Waals surface area contributed by atoms with Crippen LogP contribution < -0.4 is 5.32 Å². The van der Waals surface area contributed by atoms with E-state index in [-0.39, 0.29) is 6.10 Å². The number of nitrogens with one attached hydrogen (secondary N) is 1. The van der Waals surface area contributed by atoms with Crippen LogP contribution in [0.3, 0.4) is 0 Å². The van der Waals surface area contributed by atoms with Gasteiger partial charge in [0.2, 0.25) is 0 Å². The Hall–Kier alpha value is -1.48. The first-order valence-electron chi connectivity index (χ1n) is 6.27. The number of rotatable bonds is 9. The van der Waals surface area contributed by atoms with Gasteiger partial charge in [0.25, 0.3) is 0 Å². The summed E-state index contributed by atoms with van der Waals surface area (Å²) >= 11 is 0. The molecule has 1 atom stereocenters. The third kappa shape index (κ3) is 7.74. The highest BCUT2D eigenvalue weighted by atomic mass is 16.5. The predicted octanol–water partition coefficient (Wildman–Crippen LogP) is 3.05. The summed E-state index contributed by atoms with van der Waals surface area (Å²) in [6.07, 6.45) is 12.8. The third-order valence-electron chi connectivity index (χ3n) is 2.58. The number of hydrogen-bond donors (Lipinski definition) is 1. The van der Waals surface area contributed by atoms with Gasteiger partial charge in [0.1, 0.15) is 0 Å². The van der Waals surface area contributed by atoms with Crippen molar-refractivity contribution in [3.8, 4) is 0 Å².